The van der Waals surface area contributed by atoms with Crippen LogP contribution < -0.4 is 15.4 Å². The average molecular weight is 325 g/mol. The van der Waals surface area contributed by atoms with Gasteiger partial charge in [-0.05, 0) is 36.6 Å². The lowest BCUT2D eigenvalue weighted by Crippen LogP contribution is -2.39. The fourth-order valence-electron chi connectivity index (χ4n) is 2.12. The smallest absolute Gasteiger partial charge is 0.328 e. The number of hydrogen-bond donors (Lipinski definition) is 3. The van der Waals surface area contributed by atoms with Gasteiger partial charge in [0.25, 0.3) is 10.0 Å². The van der Waals surface area contributed by atoms with Crippen molar-refractivity contribution in [2.45, 2.75) is 37.5 Å². The van der Waals surface area contributed by atoms with Gasteiger partial charge in [-0.2, -0.15) is 0 Å². The van der Waals surface area contributed by atoms with Crippen LogP contribution in [0.4, 0.5) is 10.5 Å². The van der Waals surface area contributed by atoms with Gasteiger partial charge in [-0.3, -0.25) is 4.79 Å². The Morgan fingerprint density at radius 3 is 2.82 bits per heavy atom. The first kappa shape index (κ1) is 16.3. The molecule has 1 heterocycles. The fourth-order valence-corrected chi connectivity index (χ4v) is 3.10. The summed E-state index contributed by atoms with van der Waals surface area (Å²) in [5.74, 6) is -0.0865. The Labute approximate surface area is 129 Å². The summed E-state index contributed by atoms with van der Waals surface area (Å²) in [5, 5.41) is 5.17. The van der Waals surface area contributed by atoms with E-state index in [1.54, 1.807) is 0 Å². The number of unbranched alkanes of at least 4 members (excludes halogenated alkanes) is 1. The van der Waals surface area contributed by atoms with E-state index in [2.05, 4.69) is 10.6 Å². The van der Waals surface area contributed by atoms with Crippen molar-refractivity contribution in [3.05, 3.63) is 23.8 Å². The maximum Gasteiger partial charge on any atom is 0.328 e. The molecule has 0 aromatic heterocycles. The molecule has 120 valence electrons. The summed E-state index contributed by atoms with van der Waals surface area (Å²) in [6.07, 6.45) is 2.49. The van der Waals surface area contributed by atoms with Crippen molar-refractivity contribution < 1.29 is 18.0 Å². The predicted octanol–water partition coefficient (Wildman–Crippen LogP) is 1.36. The fraction of sp³-hybridized carbons (Fsp3) is 0.429. The number of nitrogens with one attached hydrogen (secondary N) is 3. The Bertz CT molecular complexity index is 685. The molecule has 0 bridgehead atoms. The molecule has 8 heteroatoms. The van der Waals surface area contributed by atoms with Crippen LogP contribution in [-0.4, -0.2) is 26.9 Å². The number of rotatable bonds is 5. The summed E-state index contributed by atoms with van der Waals surface area (Å²) < 4.78 is 26.3. The van der Waals surface area contributed by atoms with Crippen molar-refractivity contribution in [1.29, 1.82) is 0 Å². The van der Waals surface area contributed by atoms with Crippen molar-refractivity contribution in [3.8, 4) is 0 Å². The zero-order valence-corrected chi connectivity index (χ0v) is 13.1. The first-order valence-electron chi connectivity index (χ1n) is 7.16. The molecule has 3 N–H and O–H groups in total. The van der Waals surface area contributed by atoms with Crippen LogP contribution >= 0.6 is 0 Å². The van der Waals surface area contributed by atoms with Gasteiger partial charge in [0.05, 0.1) is 4.90 Å². The quantitative estimate of drug-likeness (QED) is 0.711. The van der Waals surface area contributed by atoms with Gasteiger partial charge in [-0.25, -0.2) is 17.9 Å². The standard InChI is InChI=1S/C14H19N3O4S/c1-2-3-8-15-14(19)17-22(20,21)11-5-6-12-10(9-11)4-7-13(18)16-12/h5-6,9H,2-4,7-8H2,1H3,(H,16,18)(H2,15,17,19). The molecule has 0 spiro atoms. The molecule has 0 radical (unpaired) electrons. The number of anilines is 1. The van der Waals surface area contributed by atoms with Crippen molar-refractivity contribution in [1.82, 2.24) is 10.0 Å². The Hall–Kier alpha value is -2.09. The lowest BCUT2D eigenvalue weighted by molar-refractivity contribution is -0.116. The normalized spacial score (nSPS) is 14.0. The highest BCUT2D eigenvalue weighted by Gasteiger charge is 2.21. The summed E-state index contributed by atoms with van der Waals surface area (Å²) >= 11 is 0. The minimum atomic E-state index is -3.92. The molecule has 0 fully saturated rings. The summed E-state index contributed by atoms with van der Waals surface area (Å²) in [6, 6.07) is 3.65. The second-order valence-electron chi connectivity index (χ2n) is 5.08. The largest absolute Gasteiger partial charge is 0.337 e. The van der Waals surface area contributed by atoms with Crippen LogP contribution in [0.3, 0.4) is 0 Å². The maximum atomic E-state index is 12.2. The third kappa shape index (κ3) is 3.97. The van der Waals surface area contributed by atoms with Gasteiger partial charge >= 0.3 is 6.03 Å². The minimum absolute atomic E-state index is 0.00744. The van der Waals surface area contributed by atoms with Crippen LogP contribution in [0.2, 0.25) is 0 Å². The molecule has 0 saturated carbocycles. The Balaban J connectivity index is 2.09. The van der Waals surface area contributed by atoms with Crippen molar-refractivity contribution >= 4 is 27.6 Å². The summed E-state index contributed by atoms with van der Waals surface area (Å²) in [4.78, 5) is 22.9. The zero-order valence-electron chi connectivity index (χ0n) is 12.3. The highest BCUT2D eigenvalue weighted by atomic mass is 32.2. The highest BCUT2D eigenvalue weighted by Crippen LogP contribution is 2.25. The van der Waals surface area contributed by atoms with E-state index in [0.717, 1.165) is 18.4 Å². The zero-order chi connectivity index (χ0) is 16.2. The number of benzene rings is 1. The molecule has 1 aliphatic heterocycles. The van der Waals surface area contributed by atoms with Crippen LogP contribution in [0.5, 0.6) is 0 Å². The summed E-state index contributed by atoms with van der Waals surface area (Å²) in [6.45, 7) is 2.40. The molecule has 0 saturated heterocycles. The SMILES string of the molecule is CCCCNC(=O)NS(=O)(=O)c1ccc2c(c1)CCC(=O)N2. The molecule has 1 aromatic carbocycles. The van der Waals surface area contributed by atoms with E-state index in [1.165, 1.54) is 18.2 Å². The minimum Gasteiger partial charge on any atom is -0.337 e. The number of sulfonamides is 1. The lowest BCUT2D eigenvalue weighted by atomic mass is 10.0. The van der Waals surface area contributed by atoms with Crippen LogP contribution in [0, 0.1) is 0 Å². The topological polar surface area (TPSA) is 104 Å². The molecule has 2 rings (SSSR count). The van der Waals surface area contributed by atoms with Gasteiger partial charge < -0.3 is 10.6 Å². The first-order chi connectivity index (χ1) is 10.4. The number of hydrogen-bond acceptors (Lipinski definition) is 4. The van der Waals surface area contributed by atoms with Gasteiger partial charge in [-0.15, -0.1) is 0 Å². The molecule has 1 aromatic rings. The van der Waals surface area contributed by atoms with Gasteiger partial charge in [0.15, 0.2) is 0 Å². The van der Waals surface area contributed by atoms with Crippen LogP contribution in [0.15, 0.2) is 23.1 Å². The number of carbonyl (C=O) groups excluding carboxylic acids is 2. The number of urea groups is 1. The third-order valence-corrected chi connectivity index (χ3v) is 4.65. The van der Waals surface area contributed by atoms with Crippen molar-refractivity contribution in [3.63, 3.8) is 0 Å². The van der Waals surface area contributed by atoms with Crippen LogP contribution in [-0.2, 0) is 21.2 Å². The molecule has 1 aliphatic rings. The van der Waals surface area contributed by atoms with E-state index in [4.69, 9.17) is 0 Å². The van der Waals surface area contributed by atoms with Crippen LogP contribution in [0.25, 0.3) is 0 Å². The third-order valence-electron chi connectivity index (χ3n) is 3.33. The van der Waals surface area contributed by atoms with E-state index in [-0.39, 0.29) is 10.8 Å². The Morgan fingerprint density at radius 1 is 1.32 bits per heavy atom. The van der Waals surface area contributed by atoms with Gasteiger partial charge in [0.1, 0.15) is 0 Å². The van der Waals surface area contributed by atoms with E-state index in [1.807, 2.05) is 11.6 Å². The van der Waals surface area contributed by atoms with Gasteiger partial charge in [-0.1, -0.05) is 13.3 Å². The predicted molar refractivity (Wildman–Crippen MR) is 82.0 cm³/mol. The monoisotopic (exact) mass is 325 g/mol. The summed E-state index contributed by atoms with van der Waals surface area (Å²) in [7, 11) is -3.92. The van der Waals surface area contributed by atoms with Gasteiger partial charge in [0, 0.05) is 18.7 Å². The second kappa shape index (κ2) is 6.78. The molecule has 0 atom stereocenters. The molecule has 0 aliphatic carbocycles. The van der Waals surface area contributed by atoms with E-state index in [9.17, 15) is 18.0 Å². The average Bonchev–Trinajstić information content (AvgIpc) is 2.46. The number of amides is 3. The molecule has 3 amide bonds. The highest BCUT2D eigenvalue weighted by molar-refractivity contribution is 7.90. The van der Waals surface area contributed by atoms with E-state index in [0.29, 0.717) is 25.1 Å². The number of carbonyl (C=O) groups is 2. The Kier molecular flexibility index (Phi) is 5.02. The molecule has 0 unspecified atom stereocenters. The lowest BCUT2D eigenvalue weighted by Gasteiger charge is -2.17. The molecule has 22 heavy (non-hydrogen) atoms. The van der Waals surface area contributed by atoms with Crippen molar-refractivity contribution in [2.75, 3.05) is 11.9 Å². The van der Waals surface area contributed by atoms with E-state index < -0.39 is 16.1 Å². The van der Waals surface area contributed by atoms with Gasteiger partial charge in [0.2, 0.25) is 5.91 Å². The Morgan fingerprint density at radius 2 is 2.09 bits per heavy atom. The summed E-state index contributed by atoms with van der Waals surface area (Å²) in [5.41, 5.74) is 1.36. The first-order valence-corrected chi connectivity index (χ1v) is 8.64. The number of fused-ring (bicyclic) bond motifs is 1. The van der Waals surface area contributed by atoms with Crippen molar-refractivity contribution in [2.24, 2.45) is 0 Å². The number of aryl methyl sites for hydroxylation is 1. The maximum absolute atomic E-state index is 12.2. The molecule has 7 nitrogen and oxygen atoms in total. The second-order valence-corrected chi connectivity index (χ2v) is 6.76. The molecular formula is C14H19N3O4S. The van der Waals surface area contributed by atoms with E-state index >= 15 is 0 Å². The molecular weight excluding hydrogens is 306 g/mol. The van der Waals surface area contributed by atoms with Crippen LogP contribution in [0.1, 0.15) is 31.7 Å².